The normalized spacial score (nSPS) is 14.2. The Morgan fingerprint density at radius 1 is 0.961 bits per heavy atom. The van der Waals surface area contributed by atoms with E-state index >= 15 is 4.39 Å². The second kappa shape index (κ2) is 12.8. The highest BCUT2D eigenvalue weighted by Crippen LogP contribution is 2.43. The molecule has 0 aliphatic carbocycles. The third-order valence-electron chi connectivity index (χ3n) is 8.50. The van der Waals surface area contributed by atoms with Crippen LogP contribution in [0.5, 0.6) is 5.75 Å². The maximum absolute atomic E-state index is 15.4. The van der Waals surface area contributed by atoms with Gasteiger partial charge in [0.1, 0.15) is 17.2 Å². The minimum atomic E-state index is -4.87. The van der Waals surface area contributed by atoms with E-state index in [2.05, 4.69) is 16.8 Å². The van der Waals surface area contributed by atoms with E-state index in [0.29, 0.717) is 28.1 Å². The number of amides is 1. The summed E-state index contributed by atoms with van der Waals surface area (Å²) < 4.78 is 76.6. The van der Waals surface area contributed by atoms with E-state index in [0.717, 1.165) is 23.1 Å². The number of anilines is 2. The molecule has 2 heterocycles. The SMILES string of the molecule is C=C1N(c2ccc(C#N)c(C(F)(F)F)c2)C(=O)C(C)(C)N1c1ccc(OCC(=O)c2cc(Cc3n[nH]c(=O)c4ccccc34)ccc2F)c(F)c1. The van der Waals surface area contributed by atoms with Crippen molar-refractivity contribution in [1.82, 2.24) is 10.2 Å². The average molecular weight is 700 g/mol. The van der Waals surface area contributed by atoms with Crippen molar-refractivity contribution in [3.05, 3.63) is 141 Å². The predicted molar refractivity (Wildman–Crippen MR) is 177 cm³/mol. The number of aromatic nitrogens is 2. The lowest BCUT2D eigenvalue weighted by Crippen LogP contribution is -2.43. The van der Waals surface area contributed by atoms with Crippen molar-refractivity contribution in [1.29, 1.82) is 5.26 Å². The van der Waals surface area contributed by atoms with Crippen molar-refractivity contribution >= 4 is 33.8 Å². The number of nitrogens with one attached hydrogen (secondary N) is 1. The number of ketones is 1. The molecular formula is C37H26F5N5O4. The fourth-order valence-corrected chi connectivity index (χ4v) is 6.01. The number of ether oxygens (including phenoxy) is 1. The number of rotatable bonds is 8. The van der Waals surface area contributed by atoms with E-state index in [1.807, 2.05) is 0 Å². The fourth-order valence-electron chi connectivity index (χ4n) is 6.01. The van der Waals surface area contributed by atoms with E-state index in [9.17, 15) is 31.9 Å². The van der Waals surface area contributed by atoms with Gasteiger partial charge < -0.3 is 9.64 Å². The number of nitrogens with zero attached hydrogens (tertiary/aromatic N) is 4. The summed E-state index contributed by atoms with van der Waals surface area (Å²) >= 11 is 0. The molecule has 0 atom stereocenters. The maximum Gasteiger partial charge on any atom is 0.417 e. The van der Waals surface area contributed by atoms with Gasteiger partial charge in [0.25, 0.3) is 11.5 Å². The first-order chi connectivity index (χ1) is 24.1. The molecule has 1 fully saturated rings. The quantitative estimate of drug-likeness (QED) is 0.136. The van der Waals surface area contributed by atoms with Gasteiger partial charge in [-0.1, -0.05) is 30.8 Å². The Morgan fingerprint density at radius 2 is 1.67 bits per heavy atom. The van der Waals surface area contributed by atoms with Crippen LogP contribution in [0, 0.1) is 23.0 Å². The summed E-state index contributed by atoms with van der Waals surface area (Å²) in [4.78, 5) is 41.0. The molecule has 1 aliphatic rings. The van der Waals surface area contributed by atoms with Crippen LogP contribution in [0.2, 0.25) is 0 Å². The molecule has 0 saturated carbocycles. The van der Waals surface area contributed by atoms with E-state index in [1.165, 1.54) is 55.1 Å². The summed E-state index contributed by atoms with van der Waals surface area (Å²) in [5.41, 5.74) is -3.02. The molecule has 258 valence electrons. The van der Waals surface area contributed by atoms with Crippen LogP contribution >= 0.6 is 0 Å². The Balaban J connectivity index is 1.20. The Morgan fingerprint density at radius 3 is 2.35 bits per heavy atom. The lowest BCUT2D eigenvalue weighted by atomic mass is 10.0. The number of benzene rings is 4. The van der Waals surface area contributed by atoms with Crippen LogP contribution in [0.1, 0.15) is 46.6 Å². The molecule has 1 N–H and O–H groups in total. The number of hydrogen-bond acceptors (Lipinski definition) is 7. The first-order valence-electron chi connectivity index (χ1n) is 15.3. The number of H-pyrrole nitrogens is 1. The number of carbonyl (C=O) groups excluding carboxylic acids is 2. The van der Waals surface area contributed by atoms with E-state index in [4.69, 9.17) is 10.00 Å². The first-order valence-corrected chi connectivity index (χ1v) is 15.3. The third-order valence-corrected chi connectivity index (χ3v) is 8.50. The minimum absolute atomic E-state index is 0.0773. The smallest absolute Gasteiger partial charge is 0.417 e. The zero-order valence-corrected chi connectivity index (χ0v) is 26.9. The molecule has 1 aromatic heterocycles. The standard InChI is InChI=1S/C37H26F5N5O4/c1-20-46(23-10-9-22(18-43)28(16-23)37(40,41)42)35(50)36(2,3)47(20)24-11-13-33(30(39)17-24)51-19-32(48)27-14-21(8-12-29(27)38)15-31-25-6-4-5-7-26(25)34(49)45-44-31/h4-14,16-17H,1,15,19H2,2-3H3,(H,45,49). The zero-order valence-electron chi connectivity index (χ0n) is 26.9. The Hall–Kier alpha value is -6.36. The highest BCUT2D eigenvalue weighted by atomic mass is 19.4. The monoisotopic (exact) mass is 699 g/mol. The van der Waals surface area contributed by atoms with Gasteiger partial charge in [0, 0.05) is 23.6 Å². The summed E-state index contributed by atoms with van der Waals surface area (Å²) in [6.45, 7) is 6.12. The summed E-state index contributed by atoms with van der Waals surface area (Å²) in [6, 6.07) is 18.6. The van der Waals surface area contributed by atoms with Crippen molar-refractivity contribution in [2.24, 2.45) is 0 Å². The van der Waals surface area contributed by atoms with Crippen LogP contribution < -0.4 is 20.1 Å². The van der Waals surface area contributed by atoms with Gasteiger partial charge in [-0.25, -0.2) is 13.9 Å². The molecule has 1 aliphatic heterocycles. The Labute approximate surface area is 286 Å². The van der Waals surface area contributed by atoms with Gasteiger partial charge in [0.15, 0.2) is 18.2 Å². The lowest BCUT2D eigenvalue weighted by molar-refractivity contribution is -0.137. The van der Waals surface area contributed by atoms with E-state index < -0.39 is 52.8 Å². The second-order valence-electron chi connectivity index (χ2n) is 12.2. The topological polar surface area (TPSA) is 119 Å². The van der Waals surface area contributed by atoms with Gasteiger partial charge in [-0.2, -0.15) is 23.5 Å². The van der Waals surface area contributed by atoms with E-state index in [1.54, 1.807) is 24.3 Å². The molecule has 4 aromatic carbocycles. The maximum atomic E-state index is 15.4. The number of carbonyl (C=O) groups is 2. The van der Waals surface area contributed by atoms with Gasteiger partial charge in [-0.15, -0.1) is 0 Å². The van der Waals surface area contributed by atoms with Crippen LogP contribution in [-0.2, 0) is 17.4 Å². The van der Waals surface area contributed by atoms with Crippen molar-refractivity contribution in [2.45, 2.75) is 32.0 Å². The van der Waals surface area contributed by atoms with Gasteiger partial charge in [0.05, 0.1) is 39.5 Å². The van der Waals surface area contributed by atoms with Crippen LogP contribution in [0.15, 0.2) is 96.1 Å². The summed E-state index contributed by atoms with van der Waals surface area (Å²) in [5.74, 6) is -3.65. The van der Waals surface area contributed by atoms with Crippen molar-refractivity contribution in [3.8, 4) is 11.8 Å². The molecule has 14 heteroatoms. The fraction of sp³-hybridized carbons (Fsp3) is 0.162. The molecule has 0 radical (unpaired) electrons. The highest BCUT2D eigenvalue weighted by molar-refractivity contribution is 6.09. The number of nitriles is 1. The first kappa shape index (κ1) is 34.5. The molecule has 1 saturated heterocycles. The molecule has 0 spiro atoms. The van der Waals surface area contributed by atoms with Crippen LogP contribution in [0.4, 0.5) is 33.3 Å². The second-order valence-corrected chi connectivity index (χ2v) is 12.2. The van der Waals surface area contributed by atoms with Crippen molar-refractivity contribution in [2.75, 3.05) is 16.4 Å². The average Bonchev–Trinajstić information content (AvgIpc) is 3.27. The van der Waals surface area contributed by atoms with Crippen LogP contribution in [0.25, 0.3) is 10.8 Å². The molecule has 6 rings (SSSR count). The molecule has 9 nitrogen and oxygen atoms in total. The van der Waals surface area contributed by atoms with Gasteiger partial charge >= 0.3 is 6.18 Å². The Kier molecular flexibility index (Phi) is 8.68. The number of Topliss-reactive ketones (excluding diaryl/α,β-unsaturated/α-hetero) is 1. The minimum Gasteiger partial charge on any atom is -0.482 e. The molecule has 0 unspecified atom stereocenters. The van der Waals surface area contributed by atoms with Crippen LogP contribution in [-0.4, -0.2) is 34.0 Å². The van der Waals surface area contributed by atoms with Gasteiger partial charge in [-0.05, 0) is 67.9 Å². The molecule has 5 aromatic rings. The molecular weight excluding hydrogens is 673 g/mol. The summed E-state index contributed by atoms with van der Waals surface area (Å²) in [6.07, 6.45) is -4.70. The van der Waals surface area contributed by atoms with Crippen molar-refractivity contribution in [3.63, 3.8) is 0 Å². The van der Waals surface area contributed by atoms with Crippen molar-refractivity contribution < 1.29 is 36.3 Å². The lowest BCUT2D eigenvalue weighted by Gasteiger charge is -2.30. The molecule has 51 heavy (non-hydrogen) atoms. The van der Waals surface area contributed by atoms with Gasteiger partial charge in [0.2, 0.25) is 5.78 Å². The van der Waals surface area contributed by atoms with Crippen LogP contribution in [0.3, 0.4) is 0 Å². The molecule has 1 amide bonds. The highest BCUT2D eigenvalue weighted by Gasteiger charge is 2.49. The van der Waals surface area contributed by atoms with E-state index in [-0.39, 0.29) is 40.5 Å². The molecule has 0 bridgehead atoms. The summed E-state index contributed by atoms with van der Waals surface area (Å²) in [5, 5.41) is 16.7. The Bertz CT molecular complexity index is 2360. The predicted octanol–water partition coefficient (Wildman–Crippen LogP) is 7.05. The summed E-state index contributed by atoms with van der Waals surface area (Å²) in [7, 11) is 0. The van der Waals surface area contributed by atoms with Gasteiger partial charge in [-0.3, -0.25) is 19.3 Å². The zero-order chi connectivity index (χ0) is 36.8. The number of aromatic amines is 1. The number of hydrogen-bond donors (Lipinski definition) is 1. The number of halogens is 5. The number of alkyl halides is 3. The number of fused-ring (bicyclic) bond motifs is 1. The largest absolute Gasteiger partial charge is 0.482 e. The third kappa shape index (κ3) is 6.29.